The molecule has 28 heavy (non-hydrogen) atoms. The lowest BCUT2D eigenvalue weighted by molar-refractivity contribution is -0.145. The van der Waals surface area contributed by atoms with E-state index in [9.17, 15) is 9.90 Å². The number of aliphatic carboxylic acids is 1. The summed E-state index contributed by atoms with van der Waals surface area (Å²) in [5.74, 6) is -0.438. The van der Waals surface area contributed by atoms with E-state index in [1.54, 1.807) is 12.1 Å². The first-order chi connectivity index (χ1) is 13.6. The van der Waals surface area contributed by atoms with E-state index in [4.69, 9.17) is 4.74 Å². The van der Waals surface area contributed by atoms with Crippen LogP contribution in [0.3, 0.4) is 0 Å². The first-order valence-corrected chi connectivity index (χ1v) is 9.20. The predicted octanol–water partition coefficient (Wildman–Crippen LogP) is 5.20. The number of carbonyl (C=O) groups is 1. The van der Waals surface area contributed by atoms with Gasteiger partial charge in [-0.05, 0) is 30.7 Å². The van der Waals surface area contributed by atoms with Crippen molar-refractivity contribution in [2.75, 3.05) is 0 Å². The van der Waals surface area contributed by atoms with E-state index >= 15 is 0 Å². The summed E-state index contributed by atoms with van der Waals surface area (Å²) < 4.78 is 8.20. The first-order valence-electron chi connectivity index (χ1n) is 9.20. The monoisotopic (exact) mass is 371 g/mol. The van der Waals surface area contributed by atoms with Gasteiger partial charge in [0, 0.05) is 23.2 Å². The number of rotatable bonds is 6. The maximum atomic E-state index is 11.8. The highest BCUT2D eigenvalue weighted by Crippen LogP contribution is 2.32. The Balaban J connectivity index is 1.72. The van der Waals surface area contributed by atoms with Crippen LogP contribution in [0.5, 0.6) is 5.75 Å². The van der Waals surface area contributed by atoms with Crippen LogP contribution in [0.2, 0.25) is 0 Å². The van der Waals surface area contributed by atoms with Gasteiger partial charge in [0.25, 0.3) is 0 Å². The summed E-state index contributed by atoms with van der Waals surface area (Å²) in [5.41, 5.74) is 3.95. The molecule has 1 atom stereocenters. The molecule has 0 aliphatic heterocycles. The molecular formula is C24H21NO3. The van der Waals surface area contributed by atoms with Gasteiger partial charge in [0.15, 0.2) is 0 Å². The molecule has 1 N–H and O–H groups in total. The van der Waals surface area contributed by atoms with Crippen molar-refractivity contribution in [3.63, 3.8) is 0 Å². The van der Waals surface area contributed by atoms with E-state index < -0.39 is 12.1 Å². The second kappa shape index (κ2) is 7.61. The Labute approximate surface area is 163 Å². The number of aromatic nitrogens is 1. The summed E-state index contributed by atoms with van der Waals surface area (Å²) in [5, 5.41) is 10.6. The molecule has 0 aliphatic carbocycles. The van der Waals surface area contributed by atoms with E-state index in [0.717, 1.165) is 23.1 Å². The van der Waals surface area contributed by atoms with Crippen LogP contribution in [0.4, 0.5) is 0 Å². The standard InChI is InChI=1S/C24H21NO3/c1-17-15-20-21(25(17)16-18-9-4-2-5-10-18)13-8-14-22(20)28-23(24(26)27)19-11-6-3-7-12-19/h2-15,23H,16H2,1H3,(H,26,27). The van der Waals surface area contributed by atoms with Crippen LogP contribution < -0.4 is 4.74 Å². The minimum absolute atomic E-state index is 0.573. The molecule has 4 aromatic rings. The summed E-state index contributed by atoms with van der Waals surface area (Å²) in [6.45, 7) is 2.80. The smallest absolute Gasteiger partial charge is 0.349 e. The van der Waals surface area contributed by atoms with E-state index in [2.05, 4.69) is 29.7 Å². The molecule has 4 nitrogen and oxygen atoms in total. The summed E-state index contributed by atoms with van der Waals surface area (Å²) in [4.78, 5) is 11.8. The predicted molar refractivity (Wildman–Crippen MR) is 110 cm³/mol. The summed E-state index contributed by atoms with van der Waals surface area (Å²) in [6.07, 6.45) is -1.05. The maximum absolute atomic E-state index is 11.8. The van der Waals surface area contributed by atoms with Gasteiger partial charge in [0.05, 0.1) is 5.52 Å². The van der Waals surface area contributed by atoms with Gasteiger partial charge in [0.2, 0.25) is 6.10 Å². The van der Waals surface area contributed by atoms with Crippen LogP contribution in [0.15, 0.2) is 84.9 Å². The average molecular weight is 371 g/mol. The highest BCUT2D eigenvalue weighted by atomic mass is 16.5. The number of hydrogen-bond donors (Lipinski definition) is 1. The molecule has 0 amide bonds. The minimum Gasteiger partial charge on any atom is -0.478 e. The van der Waals surface area contributed by atoms with Crippen molar-refractivity contribution in [2.45, 2.75) is 19.6 Å². The number of carboxylic acids is 1. The summed E-state index contributed by atoms with van der Waals surface area (Å²) in [7, 11) is 0. The SMILES string of the molecule is Cc1cc2c(OC(C(=O)O)c3ccccc3)cccc2n1Cc1ccccc1. The summed E-state index contributed by atoms with van der Waals surface area (Å²) in [6, 6.07) is 27.1. The highest BCUT2D eigenvalue weighted by molar-refractivity contribution is 5.88. The molecule has 4 rings (SSSR count). The third-order valence-corrected chi connectivity index (χ3v) is 4.87. The Morgan fingerprint density at radius 2 is 1.64 bits per heavy atom. The fourth-order valence-electron chi connectivity index (χ4n) is 3.48. The molecule has 140 valence electrons. The highest BCUT2D eigenvalue weighted by Gasteiger charge is 2.23. The number of ether oxygens (including phenoxy) is 1. The molecule has 0 saturated heterocycles. The zero-order valence-corrected chi connectivity index (χ0v) is 15.6. The van der Waals surface area contributed by atoms with Gasteiger partial charge in [-0.25, -0.2) is 4.79 Å². The molecule has 0 aliphatic rings. The van der Waals surface area contributed by atoms with Crippen LogP contribution in [0.25, 0.3) is 10.9 Å². The molecule has 4 heteroatoms. The molecule has 0 spiro atoms. The number of hydrogen-bond acceptors (Lipinski definition) is 2. The zero-order chi connectivity index (χ0) is 19.5. The van der Waals surface area contributed by atoms with Crippen LogP contribution in [-0.4, -0.2) is 15.6 Å². The molecule has 0 bridgehead atoms. The largest absolute Gasteiger partial charge is 0.478 e. The van der Waals surface area contributed by atoms with E-state index in [0.29, 0.717) is 11.3 Å². The van der Waals surface area contributed by atoms with Crippen molar-refractivity contribution >= 4 is 16.9 Å². The average Bonchev–Trinajstić information content (AvgIpc) is 3.03. The Hall–Kier alpha value is -3.53. The van der Waals surface area contributed by atoms with Gasteiger partial charge in [0.1, 0.15) is 5.75 Å². The van der Waals surface area contributed by atoms with Crippen molar-refractivity contribution in [1.82, 2.24) is 4.57 Å². The van der Waals surface area contributed by atoms with Crippen molar-refractivity contribution < 1.29 is 14.6 Å². The lowest BCUT2D eigenvalue weighted by Crippen LogP contribution is -2.18. The van der Waals surface area contributed by atoms with Gasteiger partial charge in [-0.1, -0.05) is 66.7 Å². The first kappa shape index (κ1) is 17.9. The zero-order valence-electron chi connectivity index (χ0n) is 15.6. The van der Waals surface area contributed by atoms with Crippen LogP contribution >= 0.6 is 0 Å². The fourth-order valence-corrected chi connectivity index (χ4v) is 3.48. The Bertz CT molecular complexity index is 1100. The van der Waals surface area contributed by atoms with Gasteiger partial charge in [-0.2, -0.15) is 0 Å². The van der Waals surface area contributed by atoms with Gasteiger partial charge >= 0.3 is 5.97 Å². The van der Waals surface area contributed by atoms with Gasteiger partial charge in [-0.3, -0.25) is 0 Å². The molecular weight excluding hydrogens is 350 g/mol. The topological polar surface area (TPSA) is 51.5 Å². The summed E-state index contributed by atoms with van der Waals surface area (Å²) >= 11 is 0. The Morgan fingerprint density at radius 3 is 2.32 bits per heavy atom. The number of benzene rings is 3. The molecule has 1 heterocycles. The lowest BCUT2D eigenvalue weighted by Gasteiger charge is -2.16. The fraction of sp³-hybridized carbons (Fsp3) is 0.125. The number of fused-ring (bicyclic) bond motifs is 1. The van der Waals surface area contributed by atoms with Crippen molar-refractivity contribution in [3.05, 3.63) is 102 Å². The van der Waals surface area contributed by atoms with Crippen LogP contribution in [0.1, 0.15) is 22.9 Å². The van der Waals surface area contributed by atoms with Crippen molar-refractivity contribution in [3.8, 4) is 5.75 Å². The number of aryl methyl sites for hydroxylation is 1. The van der Waals surface area contributed by atoms with Crippen molar-refractivity contribution in [1.29, 1.82) is 0 Å². The van der Waals surface area contributed by atoms with E-state index in [-0.39, 0.29) is 0 Å². The second-order valence-corrected chi connectivity index (χ2v) is 6.79. The lowest BCUT2D eigenvalue weighted by atomic mass is 10.1. The maximum Gasteiger partial charge on any atom is 0.349 e. The number of nitrogens with zero attached hydrogens (tertiary/aromatic N) is 1. The number of carboxylic acid groups (broad SMARTS) is 1. The van der Waals surface area contributed by atoms with E-state index in [1.165, 1.54) is 5.56 Å². The normalized spacial score (nSPS) is 12.0. The minimum atomic E-state index is -1.05. The molecule has 0 fully saturated rings. The Kier molecular flexibility index (Phi) is 4.85. The molecule has 0 saturated carbocycles. The third kappa shape index (κ3) is 3.49. The van der Waals surface area contributed by atoms with Crippen LogP contribution in [-0.2, 0) is 11.3 Å². The molecule has 0 radical (unpaired) electrons. The van der Waals surface area contributed by atoms with Crippen molar-refractivity contribution in [2.24, 2.45) is 0 Å². The molecule has 1 unspecified atom stereocenters. The molecule has 1 aromatic heterocycles. The molecule has 3 aromatic carbocycles. The Morgan fingerprint density at radius 1 is 0.964 bits per heavy atom. The van der Waals surface area contributed by atoms with Gasteiger partial charge < -0.3 is 14.4 Å². The van der Waals surface area contributed by atoms with Gasteiger partial charge in [-0.15, -0.1) is 0 Å². The quantitative estimate of drug-likeness (QED) is 0.507. The van der Waals surface area contributed by atoms with E-state index in [1.807, 2.05) is 54.6 Å². The third-order valence-electron chi connectivity index (χ3n) is 4.87. The second-order valence-electron chi connectivity index (χ2n) is 6.79. The van der Waals surface area contributed by atoms with Crippen LogP contribution in [0, 0.1) is 6.92 Å².